The van der Waals surface area contributed by atoms with E-state index in [0.29, 0.717) is 6.07 Å². The fourth-order valence-corrected chi connectivity index (χ4v) is 3.43. The number of nitrogens with one attached hydrogen (secondary N) is 1. The number of hydrogen-bond acceptors (Lipinski definition) is 2. The Hall–Kier alpha value is -1.80. The lowest BCUT2D eigenvalue weighted by Crippen LogP contribution is -2.18. The third-order valence-electron chi connectivity index (χ3n) is 2.96. The molecule has 0 amide bonds. The predicted molar refractivity (Wildman–Crippen MR) is 78.4 cm³/mol. The van der Waals surface area contributed by atoms with Crippen molar-refractivity contribution in [3.05, 3.63) is 58.4 Å². The Morgan fingerprint density at radius 3 is 2.30 bits per heavy atom. The second-order valence-corrected chi connectivity index (χ2v) is 6.79. The van der Waals surface area contributed by atoms with Gasteiger partial charge in [0.05, 0.1) is 16.1 Å². The third-order valence-corrected chi connectivity index (χ3v) is 4.72. The smallest absolute Gasteiger partial charge is 0.279 e. The summed E-state index contributed by atoms with van der Waals surface area (Å²) in [6.45, 7) is 1.34. The molecule has 0 fully saturated rings. The van der Waals surface area contributed by atoms with E-state index in [1.165, 1.54) is 6.92 Å². The molecule has 0 aliphatic heterocycles. The Labute approximate surface area is 134 Å². The predicted octanol–water partition coefficient (Wildman–Crippen LogP) is 4.61. The molecule has 0 atom stereocenters. The molecule has 2 aromatic rings. The van der Waals surface area contributed by atoms with Crippen LogP contribution in [0.3, 0.4) is 0 Å². The van der Waals surface area contributed by atoms with Crippen molar-refractivity contribution in [2.45, 2.75) is 18.0 Å². The summed E-state index contributed by atoms with van der Waals surface area (Å²) in [7, 11) is -4.32. The summed E-state index contributed by atoms with van der Waals surface area (Å²) in [4.78, 5) is -0.318. The van der Waals surface area contributed by atoms with Crippen molar-refractivity contribution in [1.82, 2.24) is 0 Å². The zero-order valence-electron chi connectivity index (χ0n) is 11.6. The van der Waals surface area contributed by atoms with Crippen molar-refractivity contribution < 1.29 is 26.0 Å². The average Bonchev–Trinajstić information content (AvgIpc) is 2.39. The van der Waals surface area contributed by atoms with Crippen LogP contribution < -0.4 is 4.72 Å². The maximum absolute atomic E-state index is 13.0. The lowest BCUT2D eigenvalue weighted by molar-refractivity contribution is -0.136. The summed E-state index contributed by atoms with van der Waals surface area (Å²) in [5.74, 6) is -0.649. The largest absolute Gasteiger partial charge is 0.418 e. The molecule has 9 heteroatoms. The van der Waals surface area contributed by atoms with Crippen LogP contribution in [0.1, 0.15) is 11.1 Å². The van der Waals surface area contributed by atoms with Crippen LogP contribution in [0.2, 0.25) is 5.02 Å². The lowest BCUT2D eigenvalue weighted by Gasteiger charge is -2.16. The molecule has 0 saturated carbocycles. The summed E-state index contributed by atoms with van der Waals surface area (Å²) < 4.78 is 78.4. The molecule has 0 aromatic heterocycles. The van der Waals surface area contributed by atoms with Crippen LogP contribution in [-0.2, 0) is 16.2 Å². The Morgan fingerprint density at radius 2 is 1.74 bits per heavy atom. The summed E-state index contributed by atoms with van der Waals surface area (Å²) in [6.07, 6.45) is -4.79. The molecular weight excluding hydrogens is 358 g/mol. The lowest BCUT2D eigenvalue weighted by atomic mass is 10.2. The van der Waals surface area contributed by atoms with Crippen LogP contribution in [0.4, 0.5) is 23.2 Å². The normalized spacial score (nSPS) is 12.3. The maximum Gasteiger partial charge on any atom is 0.418 e. The van der Waals surface area contributed by atoms with E-state index in [2.05, 4.69) is 0 Å². The number of alkyl halides is 3. The number of benzene rings is 2. The van der Waals surface area contributed by atoms with Gasteiger partial charge < -0.3 is 0 Å². The zero-order chi connectivity index (χ0) is 17.4. The molecule has 3 nitrogen and oxygen atoms in total. The van der Waals surface area contributed by atoms with E-state index in [1.54, 1.807) is 0 Å². The van der Waals surface area contributed by atoms with E-state index >= 15 is 0 Å². The number of aryl methyl sites for hydroxylation is 1. The molecule has 0 bridgehead atoms. The fraction of sp³-hybridized carbons (Fsp3) is 0.143. The molecule has 0 heterocycles. The first-order chi connectivity index (χ1) is 10.5. The second kappa shape index (κ2) is 6.01. The molecule has 1 N–H and O–H groups in total. The highest BCUT2D eigenvalue weighted by atomic mass is 35.5. The van der Waals surface area contributed by atoms with E-state index in [-0.39, 0.29) is 15.5 Å². The van der Waals surface area contributed by atoms with Gasteiger partial charge in [-0.05, 0) is 48.9 Å². The number of sulfonamides is 1. The Bertz CT molecular complexity index is 850. The highest BCUT2D eigenvalue weighted by molar-refractivity contribution is 7.92. The van der Waals surface area contributed by atoms with Gasteiger partial charge in [0, 0.05) is 5.02 Å². The number of anilines is 1. The quantitative estimate of drug-likeness (QED) is 0.805. The molecule has 0 unspecified atom stereocenters. The Morgan fingerprint density at radius 1 is 1.09 bits per heavy atom. The molecule has 0 saturated heterocycles. The zero-order valence-corrected chi connectivity index (χ0v) is 13.2. The highest BCUT2D eigenvalue weighted by Crippen LogP contribution is 2.37. The van der Waals surface area contributed by atoms with Crippen molar-refractivity contribution in [3.63, 3.8) is 0 Å². The van der Waals surface area contributed by atoms with Gasteiger partial charge in [-0.15, -0.1) is 0 Å². The van der Waals surface area contributed by atoms with Gasteiger partial charge in [-0.3, -0.25) is 4.72 Å². The fourth-order valence-electron chi connectivity index (χ4n) is 1.95. The van der Waals surface area contributed by atoms with Crippen molar-refractivity contribution in [2.24, 2.45) is 0 Å². The Kier molecular flexibility index (Phi) is 4.59. The number of halogens is 5. The van der Waals surface area contributed by atoms with Gasteiger partial charge in [0.2, 0.25) is 0 Å². The van der Waals surface area contributed by atoms with E-state index < -0.39 is 33.3 Å². The second-order valence-electron chi connectivity index (χ2n) is 4.70. The molecule has 0 aliphatic rings. The van der Waals surface area contributed by atoms with Gasteiger partial charge in [-0.2, -0.15) is 13.2 Å². The van der Waals surface area contributed by atoms with Gasteiger partial charge in [-0.25, -0.2) is 12.8 Å². The molecule has 0 radical (unpaired) electrons. The minimum atomic E-state index is -4.79. The van der Waals surface area contributed by atoms with Crippen LogP contribution in [0.25, 0.3) is 0 Å². The van der Waals surface area contributed by atoms with Crippen molar-refractivity contribution in [2.75, 3.05) is 4.72 Å². The topological polar surface area (TPSA) is 46.2 Å². The van der Waals surface area contributed by atoms with E-state index in [0.717, 1.165) is 30.3 Å². The maximum atomic E-state index is 13.0. The monoisotopic (exact) mass is 367 g/mol. The number of hydrogen-bond donors (Lipinski definition) is 1. The first-order valence-corrected chi connectivity index (χ1v) is 8.02. The minimum Gasteiger partial charge on any atom is -0.279 e. The highest BCUT2D eigenvalue weighted by Gasteiger charge is 2.35. The average molecular weight is 368 g/mol. The van der Waals surface area contributed by atoms with Gasteiger partial charge >= 0.3 is 6.18 Å². The molecule has 124 valence electrons. The van der Waals surface area contributed by atoms with E-state index in [9.17, 15) is 26.0 Å². The summed E-state index contributed by atoms with van der Waals surface area (Å²) in [6, 6.07) is 5.54. The third kappa shape index (κ3) is 3.94. The summed E-state index contributed by atoms with van der Waals surface area (Å²) >= 11 is 5.53. The molecule has 0 aliphatic carbocycles. The van der Waals surface area contributed by atoms with Crippen molar-refractivity contribution in [1.29, 1.82) is 0 Å². The van der Waals surface area contributed by atoms with Crippen LogP contribution in [0, 0.1) is 12.7 Å². The summed E-state index contributed by atoms with van der Waals surface area (Å²) in [5.41, 5.74) is -1.81. The molecular formula is C14H10ClF4NO2S. The molecule has 23 heavy (non-hydrogen) atoms. The van der Waals surface area contributed by atoms with Crippen LogP contribution in [0.15, 0.2) is 41.3 Å². The van der Waals surface area contributed by atoms with Gasteiger partial charge in [0.15, 0.2) is 0 Å². The van der Waals surface area contributed by atoms with Crippen molar-refractivity contribution in [3.8, 4) is 0 Å². The van der Waals surface area contributed by atoms with Crippen molar-refractivity contribution >= 4 is 27.3 Å². The van der Waals surface area contributed by atoms with E-state index in [4.69, 9.17) is 11.6 Å². The van der Waals surface area contributed by atoms with Gasteiger partial charge in [0.1, 0.15) is 5.82 Å². The van der Waals surface area contributed by atoms with E-state index in [1.807, 2.05) is 4.72 Å². The first kappa shape index (κ1) is 17.6. The Balaban J connectivity index is 2.50. The SMILES string of the molecule is Cc1cc(F)ccc1S(=O)(=O)Nc1ccc(Cl)cc1C(F)(F)F. The van der Waals surface area contributed by atoms with Crippen LogP contribution in [-0.4, -0.2) is 8.42 Å². The summed E-state index contributed by atoms with van der Waals surface area (Å²) in [5, 5.41) is -0.182. The first-order valence-electron chi connectivity index (χ1n) is 6.16. The van der Waals surface area contributed by atoms with Crippen LogP contribution >= 0.6 is 11.6 Å². The van der Waals surface area contributed by atoms with Gasteiger partial charge in [0.25, 0.3) is 10.0 Å². The van der Waals surface area contributed by atoms with Crippen LogP contribution in [0.5, 0.6) is 0 Å². The number of rotatable bonds is 3. The molecule has 0 spiro atoms. The molecule has 2 rings (SSSR count). The molecule has 2 aromatic carbocycles. The van der Waals surface area contributed by atoms with Gasteiger partial charge in [-0.1, -0.05) is 11.6 Å². The standard InChI is InChI=1S/C14H10ClF4NO2S/c1-8-6-10(16)3-5-13(8)23(21,22)20-12-4-2-9(15)7-11(12)14(17,18)19/h2-7,20H,1H3. The minimum absolute atomic E-state index is 0.0695.